The Kier molecular flexibility index (Phi) is 6.02. The number of nitrogens with two attached hydrogens (primary N) is 1. The van der Waals surface area contributed by atoms with Crippen LogP contribution in [0.5, 0.6) is 0 Å². The molecule has 0 aromatic heterocycles. The first-order chi connectivity index (χ1) is 9.61. The van der Waals surface area contributed by atoms with E-state index in [1.54, 1.807) is 0 Å². The zero-order valence-corrected chi connectivity index (χ0v) is 14.1. The van der Waals surface area contributed by atoms with Gasteiger partial charge in [-0.2, -0.15) is 0 Å². The molecule has 0 bridgehead atoms. The van der Waals surface area contributed by atoms with Crippen molar-refractivity contribution in [2.24, 2.45) is 5.73 Å². The summed E-state index contributed by atoms with van der Waals surface area (Å²) in [4.78, 5) is 5.09. The summed E-state index contributed by atoms with van der Waals surface area (Å²) in [7, 11) is 0. The molecule has 1 aromatic carbocycles. The van der Waals surface area contributed by atoms with Gasteiger partial charge in [-0.15, -0.1) is 0 Å². The van der Waals surface area contributed by atoms with E-state index >= 15 is 0 Å². The highest BCUT2D eigenvalue weighted by molar-refractivity contribution is 9.10. The zero-order valence-electron chi connectivity index (χ0n) is 12.6. The van der Waals surface area contributed by atoms with Crippen LogP contribution in [0.15, 0.2) is 28.7 Å². The average Bonchev–Trinajstić information content (AvgIpc) is 2.41. The molecule has 1 fully saturated rings. The summed E-state index contributed by atoms with van der Waals surface area (Å²) >= 11 is 3.57. The van der Waals surface area contributed by atoms with Crippen molar-refractivity contribution in [1.82, 2.24) is 9.80 Å². The molecule has 1 heterocycles. The van der Waals surface area contributed by atoms with Crippen LogP contribution in [0.25, 0.3) is 0 Å². The van der Waals surface area contributed by atoms with Gasteiger partial charge in [-0.25, -0.2) is 0 Å². The number of piperazine rings is 1. The van der Waals surface area contributed by atoms with Crippen LogP contribution >= 0.6 is 15.9 Å². The Hall–Kier alpha value is -0.420. The quantitative estimate of drug-likeness (QED) is 0.895. The Morgan fingerprint density at radius 1 is 1.25 bits per heavy atom. The Morgan fingerprint density at radius 2 is 1.95 bits per heavy atom. The van der Waals surface area contributed by atoms with E-state index in [-0.39, 0.29) is 6.04 Å². The normalized spacial score (nSPS) is 20.8. The largest absolute Gasteiger partial charge is 0.326 e. The van der Waals surface area contributed by atoms with Crippen molar-refractivity contribution >= 4 is 15.9 Å². The Balaban J connectivity index is 2.07. The van der Waals surface area contributed by atoms with Gasteiger partial charge in [0.2, 0.25) is 0 Å². The van der Waals surface area contributed by atoms with Crippen molar-refractivity contribution in [3.8, 4) is 0 Å². The number of benzene rings is 1. The second-order valence-corrected chi connectivity index (χ2v) is 6.65. The fourth-order valence-electron chi connectivity index (χ4n) is 3.12. The molecule has 1 aromatic rings. The van der Waals surface area contributed by atoms with E-state index < -0.39 is 0 Å². The van der Waals surface area contributed by atoms with Gasteiger partial charge in [0.1, 0.15) is 0 Å². The molecule has 1 aliphatic heterocycles. The van der Waals surface area contributed by atoms with Gasteiger partial charge in [-0.1, -0.05) is 35.0 Å². The van der Waals surface area contributed by atoms with Crippen molar-refractivity contribution in [3.63, 3.8) is 0 Å². The third kappa shape index (κ3) is 4.04. The van der Waals surface area contributed by atoms with Crippen LogP contribution in [0.1, 0.15) is 31.9 Å². The maximum atomic E-state index is 6.27. The Morgan fingerprint density at radius 3 is 2.50 bits per heavy atom. The molecule has 4 heteroatoms. The molecular formula is C16H26BrN3. The fraction of sp³-hybridized carbons (Fsp3) is 0.625. The molecule has 3 nitrogen and oxygen atoms in total. The summed E-state index contributed by atoms with van der Waals surface area (Å²) in [6.07, 6.45) is 1.24. The van der Waals surface area contributed by atoms with Crippen molar-refractivity contribution in [2.75, 3.05) is 32.7 Å². The van der Waals surface area contributed by atoms with E-state index in [1.807, 2.05) is 0 Å². The summed E-state index contributed by atoms with van der Waals surface area (Å²) in [6.45, 7) is 10.1. The molecule has 1 saturated heterocycles. The Labute approximate surface area is 131 Å². The molecule has 2 atom stereocenters. The maximum absolute atomic E-state index is 6.27. The highest BCUT2D eigenvalue weighted by atomic mass is 79.9. The second-order valence-electron chi connectivity index (χ2n) is 5.74. The van der Waals surface area contributed by atoms with Crippen molar-refractivity contribution in [3.05, 3.63) is 34.3 Å². The monoisotopic (exact) mass is 339 g/mol. The number of hydrogen-bond donors (Lipinski definition) is 1. The van der Waals surface area contributed by atoms with Crippen molar-refractivity contribution in [1.29, 1.82) is 0 Å². The van der Waals surface area contributed by atoms with Gasteiger partial charge in [-0.3, -0.25) is 4.90 Å². The van der Waals surface area contributed by atoms with E-state index in [0.717, 1.165) is 30.7 Å². The van der Waals surface area contributed by atoms with E-state index in [1.165, 1.54) is 18.5 Å². The summed E-state index contributed by atoms with van der Waals surface area (Å²) in [6, 6.07) is 9.02. The van der Waals surface area contributed by atoms with Gasteiger partial charge >= 0.3 is 0 Å². The fourth-order valence-corrected chi connectivity index (χ4v) is 3.54. The SMILES string of the molecule is CCCN1CCN(C(c2cccc(Br)c2)C(C)N)CC1. The number of halogens is 1. The van der Waals surface area contributed by atoms with Crippen LogP contribution < -0.4 is 5.73 Å². The van der Waals surface area contributed by atoms with E-state index in [4.69, 9.17) is 5.73 Å². The topological polar surface area (TPSA) is 32.5 Å². The number of hydrogen-bond acceptors (Lipinski definition) is 3. The molecule has 20 heavy (non-hydrogen) atoms. The third-order valence-electron chi connectivity index (χ3n) is 4.03. The van der Waals surface area contributed by atoms with Gasteiger partial charge in [0.15, 0.2) is 0 Å². The molecule has 0 spiro atoms. The molecule has 2 unspecified atom stereocenters. The van der Waals surface area contributed by atoms with Crippen LogP contribution in [0.3, 0.4) is 0 Å². The smallest absolute Gasteiger partial charge is 0.0497 e. The summed E-state index contributed by atoms with van der Waals surface area (Å²) in [5, 5.41) is 0. The van der Waals surface area contributed by atoms with Crippen LogP contribution in [0, 0.1) is 0 Å². The third-order valence-corrected chi connectivity index (χ3v) is 4.52. The van der Waals surface area contributed by atoms with Crippen LogP contribution in [0.4, 0.5) is 0 Å². The average molecular weight is 340 g/mol. The van der Waals surface area contributed by atoms with Crippen molar-refractivity contribution in [2.45, 2.75) is 32.4 Å². The van der Waals surface area contributed by atoms with Gasteiger partial charge in [0, 0.05) is 42.7 Å². The highest BCUT2D eigenvalue weighted by Crippen LogP contribution is 2.27. The summed E-state index contributed by atoms with van der Waals surface area (Å²) < 4.78 is 1.13. The van der Waals surface area contributed by atoms with Crippen LogP contribution in [-0.2, 0) is 0 Å². The minimum atomic E-state index is 0.141. The minimum absolute atomic E-state index is 0.141. The molecule has 1 aliphatic rings. The lowest BCUT2D eigenvalue weighted by Crippen LogP contribution is -2.50. The minimum Gasteiger partial charge on any atom is -0.326 e. The first kappa shape index (κ1) is 16.0. The van der Waals surface area contributed by atoms with E-state index in [9.17, 15) is 0 Å². The molecule has 2 rings (SSSR count). The second kappa shape index (κ2) is 7.55. The van der Waals surface area contributed by atoms with Gasteiger partial charge in [-0.05, 0) is 37.6 Å². The molecular weight excluding hydrogens is 314 g/mol. The lowest BCUT2D eigenvalue weighted by atomic mass is 9.98. The Bertz CT molecular complexity index is 414. The van der Waals surface area contributed by atoms with Gasteiger partial charge in [0.05, 0.1) is 0 Å². The summed E-state index contributed by atoms with van der Waals surface area (Å²) in [5.41, 5.74) is 7.59. The van der Waals surface area contributed by atoms with Gasteiger partial charge in [0.25, 0.3) is 0 Å². The van der Waals surface area contributed by atoms with Gasteiger partial charge < -0.3 is 10.6 Å². The molecule has 0 aliphatic carbocycles. The highest BCUT2D eigenvalue weighted by Gasteiger charge is 2.27. The molecule has 0 saturated carbocycles. The lowest BCUT2D eigenvalue weighted by molar-refractivity contribution is 0.0868. The standard InChI is InChI=1S/C16H26BrN3/c1-3-7-19-8-10-20(11-9-19)16(13(2)18)14-5-4-6-15(17)12-14/h4-6,12-13,16H,3,7-11,18H2,1-2H3. The molecule has 2 N–H and O–H groups in total. The molecule has 0 amide bonds. The lowest BCUT2D eigenvalue weighted by Gasteiger charge is -2.41. The predicted octanol–water partition coefficient (Wildman–Crippen LogP) is 2.87. The number of rotatable bonds is 5. The van der Waals surface area contributed by atoms with Crippen LogP contribution in [0.2, 0.25) is 0 Å². The van der Waals surface area contributed by atoms with Crippen molar-refractivity contribution < 1.29 is 0 Å². The van der Waals surface area contributed by atoms with Crippen LogP contribution in [-0.4, -0.2) is 48.6 Å². The van der Waals surface area contributed by atoms with E-state index in [0.29, 0.717) is 6.04 Å². The molecule has 0 radical (unpaired) electrons. The van der Waals surface area contributed by atoms with E-state index in [2.05, 4.69) is 63.8 Å². The predicted molar refractivity (Wildman–Crippen MR) is 88.8 cm³/mol. The number of nitrogens with zero attached hydrogens (tertiary/aromatic N) is 2. The summed E-state index contributed by atoms with van der Waals surface area (Å²) in [5.74, 6) is 0. The maximum Gasteiger partial charge on any atom is 0.0497 e. The molecule has 112 valence electrons. The first-order valence-electron chi connectivity index (χ1n) is 7.59. The zero-order chi connectivity index (χ0) is 14.5. The first-order valence-corrected chi connectivity index (χ1v) is 8.38.